The van der Waals surface area contributed by atoms with Crippen molar-refractivity contribution in [2.24, 2.45) is 0 Å². The number of hydrogen-bond acceptors (Lipinski definition) is 1. The van der Waals surface area contributed by atoms with Crippen LogP contribution in [0.1, 0.15) is 71.1 Å². The molecule has 90 valence electrons. The first-order valence-corrected chi connectivity index (χ1v) is 7.51. The molecule has 0 saturated carbocycles. The maximum absolute atomic E-state index is 11.0. The van der Waals surface area contributed by atoms with Crippen LogP contribution < -0.4 is 0 Å². The van der Waals surface area contributed by atoms with Crippen molar-refractivity contribution in [1.82, 2.24) is 0 Å². The van der Waals surface area contributed by atoms with Gasteiger partial charge in [0.05, 0.1) is 5.33 Å². The average Bonchev–Trinajstić information content (AvgIpc) is 2.26. The van der Waals surface area contributed by atoms with E-state index in [2.05, 4.69) is 22.9 Å². The summed E-state index contributed by atoms with van der Waals surface area (Å²) in [5.41, 5.74) is 0. The second-order valence-electron chi connectivity index (χ2n) is 4.25. The number of rotatable bonds is 11. The first-order chi connectivity index (χ1) is 7.31. The van der Waals surface area contributed by atoms with Gasteiger partial charge in [0.2, 0.25) is 0 Å². The minimum Gasteiger partial charge on any atom is -0.299 e. The number of Topliss-reactive ketones (excluding diaryl/α,β-unsaturated/α-hetero) is 1. The molecule has 0 aliphatic carbocycles. The number of ketones is 1. The second kappa shape index (κ2) is 12.2. The van der Waals surface area contributed by atoms with E-state index in [1.807, 2.05) is 0 Å². The summed E-state index contributed by atoms with van der Waals surface area (Å²) >= 11 is 3.18. The van der Waals surface area contributed by atoms with Crippen LogP contribution >= 0.6 is 15.9 Å². The zero-order valence-corrected chi connectivity index (χ0v) is 11.7. The maximum atomic E-state index is 11.0. The van der Waals surface area contributed by atoms with Gasteiger partial charge >= 0.3 is 0 Å². The summed E-state index contributed by atoms with van der Waals surface area (Å²) < 4.78 is 0. The molecule has 0 N–H and O–H groups in total. The fourth-order valence-corrected chi connectivity index (χ4v) is 1.98. The lowest BCUT2D eigenvalue weighted by atomic mass is 10.1. The molecule has 0 aliphatic rings. The molecule has 0 rings (SSSR count). The highest BCUT2D eigenvalue weighted by Gasteiger charge is 1.98. The van der Waals surface area contributed by atoms with Gasteiger partial charge in [-0.1, -0.05) is 74.2 Å². The van der Waals surface area contributed by atoms with Crippen LogP contribution in [0.15, 0.2) is 0 Å². The predicted octanol–water partition coefficient (Wildman–Crippen LogP) is 4.87. The Labute approximate surface area is 103 Å². The van der Waals surface area contributed by atoms with Crippen molar-refractivity contribution in [3.05, 3.63) is 0 Å². The fraction of sp³-hybridized carbons (Fsp3) is 0.923. The lowest BCUT2D eigenvalue weighted by Crippen LogP contribution is -1.97. The van der Waals surface area contributed by atoms with Gasteiger partial charge in [-0.2, -0.15) is 0 Å². The van der Waals surface area contributed by atoms with E-state index in [0.29, 0.717) is 11.1 Å². The van der Waals surface area contributed by atoms with E-state index in [1.54, 1.807) is 0 Å². The first-order valence-electron chi connectivity index (χ1n) is 6.39. The standard InChI is InChI=1S/C13H25BrO/c1-2-3-4-5-6-7-8-9-10-11-13(15)12-14/h2-12H2,1H3. The summed E-state index contributed by atoms with van der Waals surface area (Å²) in [6.45, 7) is 2.25. The van der Waals surface area contributed by atoms with Crippen molar-refractivity contribution in [1.29, 1.82) is 0 Å². The third-order valence-electron chi connectivity index (χ3n) is 2.71. The minimum absolute atomic E-state index is 0.345. The Morgan fingerprint density at radius 3 is 1.80 bits per heavy atom. The molecule has 0 aromatic carbocycles. The molecule has 0 saturated heterocycles. The van der Waals surface area contributed by atoms with E-state index in [1.165, 1.54) is 51.4 Å². The Bertz CT molecular complexity index is 145. The molecule has 0 aliphatic heterocycles. The van der Waals surface area contributed by atoms with Gasteiger partial charge in [0, 0.05) is 6.42 Å². The summed E-state index contributed by atoms with van der Waals surface area (Å²) in [6.07, 6.45) is 12.6. The molecule has 0 aromatic rings. The Kier molecular flexibility index (Phi) is 12.3. The predicted molar refractivity (Wildman–Crippen MR) is 70.6 cm³/mol. The molecule has 0 aromatic heterocycles. The molecule has 0 heterocycles. The molecule has 0 fully saturated rings. The second-order valence-corrected chi connectivity index (χ2v) is 4.81. The van der Waals surface area contributed by atoms with E-state index in [0.717, 1.165) is 12.8 Å². The number of carbonyl (C=O) groups excluding carboxylic acids is 1. The summed E-state index contributed by atoms with van der Waals surface area (Å²) in [5, 5.41) is 0.532. The van der Waals surface area contributed by atoms with Crippen LogP contribution in [-0.4, -0.2) is 11.1 Å². The number of alkyl halides is 1. The Morgan fingerprint density at radius 2 is 1.33 bits per heavy atom. The van der Waals surface area contributed by atoms with Crippen molar-refractivity contribution in [3.63, 3.8) is 0 Å². The van der Waals surface area contributed by atoms with Crippen LogP contribution in [0.5, 0.6) is 0 Å². The van der Waals surface area contributed by atoms with Gasteiger partial charge in [0.15, 0.2) is 0 Å². The summed E-state index contributed by atoms with van der Waals surface area (Å²) in [4.78, 5) is 11.0. The maximum Gasteiger partial charge on any atom is 0.143 e. The molecule has 0 bridgehead atoms. The largest absolute Gasteiger partial charge is 0.299 e. The number of unbranched alkanes of at least 4 members (excludes halogenated alkanes) is 8. The highest BCUT2D eigenvalue weighted by molar-refractivity contribution is 9.09. The molecular formula is C13H25BrO. The van der Waals surface area contributed by atoms with E-state index in [4.69, 9.17) is 0 Å². The number of hydrogen-bond donors (Lipinski definition) is 0. The van der Waals surface area contributed by atoms with Gasteiger partial charge in [-0.3, -0.25) is 4.79 Å². The molecule has 0 unspecified atom stereocenters. The van der Waals surface area contributed by atoms with E-state index in [-0.39, 0.29) is 0 Å². The molecule has 15 heavy (non-hydrogen) atoms. The lowest BCUT2D eigenvalue weighted by molar-refractivity contribution is -0.116. The topological polar surface area (TPSA) is 17.1 Å². The summed E-state index contributed by atoms with van der Waals surface area (Å²) in [6, 6.07) is 0. The minimum atomic E-state index is 0.345. The average molecular weight is 277 g/mol. The zero-order chi connectivity index (χ0) is 11.4. The third kappa shape index (κ3) is 12.1. The molecule has 0 atom stereocenters. The highest BCUT2D eigenvalue weighted by Crippen LogP contribution is 2.10. The van der Waals surface area contributed by atoms with Gasteiger partial charge in [-0.25, -0.2) is 0 Å². The van der Waals surface area contributed by atoms with Gasteiger partial charge in [0.1, 0.15) is 5.78 Å². The lowest BCUT2D eigenvalue weighted by Gasteiger charge is -2.01. The molecule has 0 amide bonds. The van der Waals surface area contributed by atoms with Gasteiger partial charge in [0.25, 0.3) is 0 Å². The molecule has 1 nitrogen and oxygen atoms in total. The van der Waals surface area contributed by atoms with Crippen molar-refractivity contribution >= 4 is 21.7 Å². The first kappa shape index (κ1) is 15.2. The fourth-order valence-electron chi connectivity index (χ4n) is 1.70. The monoisotopic (exact) mass is 276 g/mol. The number of halogens is 1. The van der Waals surface area contributed by atoms with Crippen LogP contribution in [0, 0.1) is 0 Å². The van der Waals surface area contributed by atoms with Crippen molar-refractivity contribution in [2.45, 2.75) is 71.1 Å². The molecule has 0 radical (unpaired) electrons. The van der Waals surface area contributed by atoms with E-state index < -0.39 is 0 Å². The molecular weight excluding hydrogens is 252 g/mol. The van der Waals surface area contributed by atoms with E-state index >= 15 is 0 Å². The van der Waals surface area contributed by atoms with Crippen LogP contribution in [-0.2, 0) is 4.79 Å². The quantitative estimate of drug-likeness (QED) is 0.389. The SMILES string of the molecule is CCCCCCCCCCCC(=O)CBr. The summed E-state index contributed by atoms with van der Waals surface area (Å²) in [7, 11) is 0. The molecule has 2 heteroatoms. The van der Waals surface area contributed by atoms with Gasteiger partial charge in [-0.15, -0.1) is 0 Å². The smallest absolute Gasteiger partial charge is 0.143 e. The Morgan fingerprint density at radius 1 is 0.867 bits per heavy atom. The van der Waals surface area contributed by atoms with Gasteiger partial charge in [-0.05, 0) is 6.42 Å². The van der Waals surface area contributed by atoms with E-state index in [9.17, 15) is 4.79 Å². The molecule has 0 spiro atoms. The third-order valence-corrected chi connectivity index (χ3v) is 3.33. The highest BCUT2D eigenvalue weighted by atomic mass is 79.9. The zero-order valence-electron chi connectivity index (χ0n) is 10.1. The van der Waals surface area contributed by atoms with Gasteiger partial charge < -0.3 is 0 Å². The van der Waals surface area contributed by atoms with Crippen LogP contribution in [0.4, 0.5) is 0 Å². The van der Waals surface area contributed by atoms with Crippen LogP contribution in [0.2, 0.25) is 0 Å². The Balaban J connectivity index is 2.95. The normalized spacial score (nSPS) is 10.5. The van der Waals surface area contributed by atoms with Crippen LogP contribution in [0.3, 0.4) is 0 Å². The summed E-state index contributed by atoms with van der Waals surface area (Å²) in [5.74, 6) is 0.345. The Hall–Kier alpha value is 0.150. The van der Waals surface area contributed by atoms with Crippen molar-refractivity contribution in [3.8, 4) is 0 Å². The van der Waals surface area contributed by atoms with Crippen molar-refractivity contribution in [2.75, 3.05) is 5.33 Å². The van der Waals surface area contributed by atoms with Crippen LogP contribution in [0.25, 0.3) is 0 Å². The van der Waals surface area contributed by atoms with Crippen molar-refractivity contribution < 1.29 is 4.79 Å². The number of carbonyl (C=O) groups is 1.